The first kappa shape index (κ1) is 21.0. The number of hydrogen-bond donors (Lipinski definition) is 2. The molecule has 1 heterocycles. The molecule has 2 N–H and O–H groups in total. The molecule has 0 fully saturated rings. The lowest BCUT2D eigenvalue weighted by atomic mass is 10.1. The topological polar surface area (TPSA) is 72.4 Å². The van der Waals surface area contributed by atoms with Crippen LogP contribution in [0.15, 0.2) is 24.3 Å². The first-order valence-corrected chi connectivity index (χ1v) is 9.43. The van der Waals surface area contributed by atoms with Crippen molar-refractivity contribution in [3.8, 4) is 0 Å². The number of benzene rings is 1. The highest BCUT2D eigenvalue weighted by Crippen LogP contribution is 2.22. The summed E-state index contributed by atoms with van der Waals surface area (Å²) in [6.07, 6.45) is 1.01. The first-order valence-electron chi connectivity index (χ1n) is 9.43. The fourth-order valence-corrected chi connectivity index (χ4v) is 2.79. The standard InChI is InChI=1S/C21H31N3O3/c1-14(2)7-10-19(25)23-22-13-16-8-9-18-17(12-16)11-15(3)24(18)20(26)27-21(4,5)6/h8-9,11-12,14,22H,7,10,13H2,1-6H3,(H,23,25). The minimum atomic E-state index is -0.544. The molecule has 0 aliphatic rings. The molecule has 0 radical (unpaired) electrons. The number of rotatable bonds is 6. The van der Waals surface area contributed by atoms with Gasteiger partial charge in [-0.15, -0.1) is 0 Å². The minimum Gasteiger partial charge on any atom is -0.443 e. The number of ether oxygens (including phenoxy) is 1. The maximum Gasteiger partial charge on any atom is 0.419 e. The van der Waals surface area contributed by atoms with E-state index >= 15 is 0 Å². The number of hydrazine groups is 1. The van der Waals surface area contributed by atoms with E-state index in [0.29, 0.717) is 18.9 Å². The molecule has 0 saturated heterocycles. The van der Waals surface area contributed by atoms with Crippen molar-refractivity contribution < 1.29 is 14.3 Å². The Morgan fingerprint density at radius 2 is 1.89 bits per heavy atom. The zero-order chi connectivity index (χ0) is 20.2. The molecule has 6 nitrogen and oxygen atoms in total. The molecule has 0 unspecified atom stereocenters. The van der Waals surface area contributed by atoms with Gasteiger partial charge < -0.3 is 4.74 Å². The zero-order valence-corrected chi connectivity index (χ0v) is 17.2. The van der Waals surface area contributed by atoms with Crippen LogP contribution in [0.2, 0.25) is 0 Å². The zero-order valence-electron chi connectivity index (χ0n) is 17.2. The predicted octanol–water partition coefficient (Wildman–Crippen LogP) is 4.29. The monoisotopic (exact) mass is 373 g/mol. The van der Waals surface area contributed by atoms with Crippen LogP contribution in [0.25, 0.3) is 10.9 Å². The highest BCUT2D eigenvalue weighted by atomic mass is 16.6. The molecular weight excluding hydrogens is 342 g/mol. The molecule has 0 bridgehead atoms. The van der Waals surface area contributed by atoms with E-state index in [9.17, 15) is 9.59 Å². The maximum atomic E-state index is 12.5. The van der Waals surface area contributed by atoms with E-state index in [4.69, 9.17) is 4.74 Å². The van der Waals surface area contributed by atoms with Crippen LogP contribution in [-0.4, -0.2) is 22.2 Å². The van der Waals surface area contributed by atoms with E-state index in [1.807, 2.05) is 52.0 Å². The van der Waals surface area contributed by atoms with Gasteiger partial charge in [0.1, 0.15) is 5.60 Å². The van der Waals surface area contributed by atoms with Gasteiger partial charge in [-0.1, -0.05) is 19.9 Å². The van der Waals surface area contributed by atoms with Gasteiger partial charge in [-0.25, -0.2) is 14.8 Å². The molecule has 2 aromatic rings. The van der Waals surface area contributed by atoms with Gasteiger partial charge in [0.25, 0.3) is 0 Å². The Balaban J connectivity index is 2.04. The van der Waals surface area contributed by atoms with Crippen molar-refractivity contribution in [3.05, 3.63) is 35.5 Å². The van der Waals surface area contributed by atoms with Crippen LogP contribution in [0.4, 0.5) is 4.79 Å². The van der Waals surface area contributed by atoms with E-state index in [-0.39, 0.29) is 12.0 Å². The fraction of sp³-hybridized carbons (Fsp3) is 0.524. The summed E-state index contributed by atoms with van der Waals surface area (Å²) in [7, 11) is 0. The molecule has 0 aliphatic heterocycles. The van der Waals surface area contributed by atoms with Gasteiger partial charge >= 0.3 is 6.09 Å². The van der Waals surface area contributed by atoms with Crippen molar-refractivity contribution in [2.45, 2.75) is 66.5 Å². The van der Waals surface area contributed by atoms with Crippen molar-refractivity contribution in [1.29, 1.82) is 0 Å². The van der Waals surface area contributed by atoms with Crippen molar-refractivity contribution in [1.82, 2.24) is 15.4 Å². The smallest absolute Gasteiger partial charge is 0.419 e. The van der Waals surface area contributed by atoms with Crippen LogP contribution in [0.3, 0.4) is 0 Å². The number of hydrogen-bond acceptors (Lipinski definition) is 4. The highest BCUT2D eigenvalue weighted by molar-refractivity contribution is 5.91. The van der Waals surface area contributed by atoms with Crippen molar-refractivity contribution in [3.63, 3.8) is 0 Å². The molecule has 2 rings (SSSR count). The van der Waals surface area contributed by atoms with Crippen LogP contribution in [0, 0.1) is 12.8 Å². The summed E-state index contributed by atoms with van der Waals surface area (Å²) in [5.41, 5.74) is 7.81. The molecule has 0 spiro atoms. The molecular formula is C21H31N3O3. The van der Waals surface area contributed by atoms with E-state index in [0.717, 1.165) is 28.6 Å². The average Bonchev–Trinajstić information content (AvgIpc) is 2.86. The third kappa shape index (κ3) is 6.10. The van der Waals surface area contributed by atoms with Crippen LogP contribution >= 0.6 is 0 Å². The third-order valence-electron chi connectivity index (χ3n) is 4.10. The second-order valence-electron chi connectivity index (χ2n) is 8.33. The van der Waals surface area contributed by atoms with E-state index < -0.39 is 5.60 Å². The third-order valence-corrected chi connectivity index (χ3v) is 4.10. The minimum absolute atomic E-state index is 0.00305. The van der Waals surface area contributed by atoms with Crippen molar-refractivity contribution in [2.24, 2.45) is 5.92 Å². The summed E-state index contributed by atoms with van der Waals surface area (Å²) < 4.78 is 7.09. The Bertz CT molecular complexity index is 816. The molecule has 0 saturated carbocycles. The summed E-state index contributed by atoms with van der Waals surface area (Å²) in [4.78, 5) is 24.2. The van der Waals surface area contributed by atoms with Crippen molar-refractivity contribution in [2.75, 3.05) is 0 Å². The highest BCUT2D eigenvalue weighted by Gasteiger charge is 2.20. The van der Waals surface area contributed by atoms with Gasteiger partial charge in [0.15, 0.2) is 0 Å². The Morgan fingerprint density at radius 3 is 2.52 bits per heavy atom. The lowest BCUT2D eigenvalue weighted by Gasteiger charge is -2.20. The van der Waals surface area contributed by atoms with Crippen LogP contribution in [-0.2, 0) is 16.1 Å². The summed E-state index contributed by atoms with van der Waals surface area (Å²) in [5, 5.41) is 0.962. The Kier molecular flexibility index (Phi) is 6.65. The van der Waals surface area contributed by atoms with Gasteiger partial charge in [0.2, 0.25) is 5.91 Å². The van der Waals surface area contributed by atoms with Crippen LogP contribution in [0.1, 0.15) is 58.7 Å². The number of carbonyl (C=O) groups is 2. The number of aromatic nitrogens is 1. The van der Waals surface area contributed by atoms with E-state index in [2.05, 4.69) is 24.7 Å². The Labute approximate surface area is 161 Å². The van der Waals surface area contributed by atoms with Gasteiger partial charge in [-0.2, -0.15) is 0 Å². The lowest BCUT2D eigenvalue weighted by Crippen LogP contribution is -2.36. The molecule has 0 aliphatic carbocycles. The number of nitrogens with one attached hydrogen (secondary N) is 2. The van der Waals surface area contributed by atoms with Crippen LogP contribution in [0.5, 0.6) is 0 Å². The normalized spacial score (nSPS) is 11.8. The average molecular weight is 373 g/mol. The molecule has 148 valence electrons. The van der Waals surface area contributed by atoms with Gasteiger partial charge in [-0.3, -0.25) is 10.2 Å². The number of amides is 1. The summed E-state index contributed by atoms with van der Waals surface area (Å²) in [6, 6.07) is 7.82. The summed E-state index contributed by atoms with van der Waals surface area (Å²) in [5.74, 6) is 0.507. The molecule has 27 heavy (non-hydrogen) atoms. The number of fused-ring (bicyclic) bond motifs is 1. The maximum absolute atomic E-state index is 12.5. The Hall–Kier alpha value is -2.34. The first-order chi connectivity index (χ1) is 12.6. The fourth-order valence-electron chi connectivity index (χ4n) is 2.79. The second kappa shape index (κ2) is 8.57. The quantitative estimate of drug-likeness (QED) is 0.741. The number of carbonyl (C=O) groups excluding carboxylic acids is 2. The molecule has 1 amide bonds. The lowest BCUT2D eigenvalue weighted by molar-refractivity contribution is -0.122. The van der Waals surface area contributed by atoms with Gasteiger partial charge in [0.05, 0.1) is 5.52 Å². The Morgan fingerprint density at radius 1 is 1.19 bits per heavy atom. The second-order valence-corrected chi connectivity index (χ2v) is 8.33. The van der Waals surface area contributed by atoms with Gasteiger partial charge in [-0.05, 0) is 63.8 Å². The SMILES string of the molecule is Cc1cc2cc(CNNC(=O)CCC(C)C)ccc2n1C(=O)OC(C)(C)C. The largest absolute Gasteiger partial charge is 0.443 e. The molecule has 1 aromatic carbocycles. The summed E-state index contributed by atoms with van der Waals surface area (Å²) in [6.45, 7) is 12.2. The van der Waals surface area contributed by atoms with E-state index in [1.54, 1.807) is 4.57 Å². The molecule has 6 heteroatoms. The van der Waals surface area contributed by atoms with Crippen molar-refractivity contribution >= 4 is 22.9 Å². The van der Waals surface area contributed by atoms with E-state index in [1.165, 1.54) is 0 Å². The predicted molar refractivity (Wildman–Crippen MR) is 107 cm³/mol. The summed E-state index contributed by atoms with van der Waals surface area (Å²) >= 11 is 0. The van der Waals surface area contributed by atoms with Gasteiger partial charge in [0, 0.05) is 24.0 Å². The van der Waals surface area contributed by atoms with Crippen LogP contribution < -0.4 is 10.9 Å². The molecule has 1 aromatic heterocycles. The molecule has 0 atom stereocenters. The number of nitrogens with zero attached hydrogens (tertiary/aromatic N) is 1. The number of aryl methyl sites for hydroxylation is 1.